The Hall–Kier alpha value is -2.08. The lowest BCUT2D eigenvalue weighted by Gasteiger charge is -2.24. The zero-order valence-corrected chi connectivity index (χ0v) is 12.6. The minimum Gasteiger partial charge on any atom is -0.497 e. The van der Waals surface area contributed by atoms with Gasteiger partial charge in [0.2, 0.25) is 0 Å². The molecule has 0 fully saturated rings. The van der Waals surface area contributed by atoms with Gasteiger partial charge in [-0.1, -0.05) is 6.92 Å². The fourth-order valence-electron chi connectivity index (χ4n) is 2.71. The van der Waals surface area contributed by atoms with E-state index in [4.69, 9.17) is 9.47 Å². The third-order valence-corrected chi connectivity index (χ3v) is 3.84. The van der Waals surface area contributed by atoms with Crippen LogP contribution >= 0.6 is 0 Å². The van der Waals surface area contributed by atoms with Crippen molar-refractivity contribution in [1.29, 1.82) is 0 Å². The van der Waals surface area contributed by atoms with Crippen molar-refractivity contribution in [2.45, 2.75) is 25.9 Å². The summed E-state index contributed by atoms with van der Waals surface area (Å²) >= 11 is 0. The minimum atomic E-state index is 0.271. The molecule has 0 saturated carbocycles. The third-order valence-electron chi connectivity index (χ3n) is 3.84. The number of fused-ring (bicyclic) bond motifs is 1. The van der Waals surface area contributed by atoms with Gasteiger partial charge >= 0.3 is 0 Å². The number of nitrogens with zero attached hydrogens (tertiary/aromatic N) is 3. The highest BCUT2D eigenvalue weighted by atomic mass is 16.5. The average Bonchev–Trinajstić information content (AvgIpc) is 2.98. The van der Waals surface area contributed by atoms with Crippen molar-refractivity contribution in [2.75, 3.05) is 20.8 Å². The monoisotopic (exact) mass is 288 g/mol. The standard InChI is InChI=1S/C15H20N4O2/c1-4-13-15-18-17-14(19(15)6-5-16-13)10-7-11(20-2)9-12(8-10)21-3/h7-9,13,16H,4-6H2,1-3H3. The molecule has 1 atom stereocenters. The molecule has 0 bridgehead atoms. The second-order valence-electron chi connectivity index (χ2n) is 5.05. The topological polar surface area (TPSA) is 61.2 Å². The SMILES string of the molecule is CCC1NCCn2c(-c3cc(OC)cc(OC)c3)nnc21. The van der Waals surface area contributed by atoms with Gasteiger partial charge in [-0.15, -0.1) is 10.2 Å². The van der Waals surface area contributed by atoms with Crippen LogP contribution < -0.4 is 14.8 Å². The van der Waals surface area contributed by atoms with Crippen molar-refractivity contribution in [2.24, 2.45) is 0 Å². The predicted molar refractivity (Wildman–Crippen MR) is 79.6 cm³/mol. The summed E-state index contributed by atoms with van der Waals surface area (Å²) in [5.74, 6) is 3.37. The number of nitrogens with one attached hydrogen (secondary N) is 1. The summed E-state index contributed by atoms with van der Waals surface area (Å²) in [5, 5.41) is 12.2. The fourth-order valence-corrected chi connectivity index (χ4v) is 2.71. The van der Waals surface area contributed by atoms with E-state index in [9.17, 15) is 0 Å². The van der Waals surface area contributed by atoms with Crippen LogP contribution in [0.4, 0.5) is 0 Å². The molecule has 3 rings (SSSR count). The molecule has 0 aliphatic carbocycles. The van der Waals surface area contributed by atoms with Crippen molar-refractivity contribution in [3.8, 4) is 22.9 Å². The molecule has 0 amide bonds. The van der Waals surface area contributed by atoms with Gasteiger partial charge in [0, 0.05) is 24.7 Å². The van der Waals surface area contributed by atoms with E-state index in [1.54, 1.807) is 14.2 Å². The van der Waals surface area contributed by atoms with E-state index in [0.717, 1.165) is 48.2 Å². The molecule has 21 heavy (non-hydrogen) atoms. The van der Waals surface area contributed by atoms with Crippen LogP contribution in [0.5, 0.6) is 11.5 Å². The van der Waals surface area contributed by atoms with Gasteiger partial charge in [0.1, 0.15) is 11.5 Å². The third kappa shape index (κ3) is 2.47. The zero-order chi connectivity index (χ0) is 14.8. The number of ether oxygens (including phenoxy) is 2. The summed E-state index contributed by atoms with van der Waals surface area (Å²) in [4.78, 5) is 0. The van der Waals surface area contributed by atoms with E-state index in [0.29, 0.717) is 0 Å². The second kappa shape index (κ2) is 5.73. The molecule has 2 aromatic rings. The van der Waals surface area contributed by atoms with Crippen molar-refractivity contribution in [1.82, 2.24) is 20.1 Å². The summed E-state index contributed by atoms with van der Waals surface area (Å²) in [6.07, 6.45) is 1.000. The number of hydrogen-bond acceptors (Lipinski definition) is 5. The van der Waals surface area contributed by atoms with Crippen LogP contribution in [-0.2, 0) is 6.54 Å². The zero-order valence-electron chi connectivity index (χ0n) is 12.6. The van der Waals surface area contributed by atoms with E-state index < -0.39 is 0 Å². The van der Waals surface area contributed by atoms with Crippen LogP contribution in [0.1, 0.15) is 25.2 Å². The molecule has 0 saturated heterocycles. The van der Waals surface area contributed by atoms with Crippen LogP contribution in [0, 0.1) is 0 Å². The van der Waals surface area contributed by atoms with Gasteiger partial charge in [-0.3, -0.25) is 0 Å². The Morgan fingerprint density at radius 2 is 1.90 bits per heavy atom. The molecule has 0 radical (unpaired) electrons. The molecule has 6 heteroatoms. The highest BCUT2D eigenvalue weighted by Crippen LogP contribution is 2.31. The molecule has 1 unspecified atom stereocenters. The van der Waals surface area contributed by atoms with Gasteiger partial charge in [-0.05, 0) is 18.6 Å². The van der Waals surface area contributed by atoms with Gasteiger partial charge in [0.25, 0.3) is 0 Å². The maximum absolute atomic E-state index is 5.33. The number of methoxy groups -OCH3 is 2. The lowest BCUT2D eigenvalue weighted by Crippen LogP contribution is -2.33. The van der Waals surface area contributed by atoms with Crippen LogP contribution in [0.15, 0.2) is 18.2 Å². The number of hydrogen-bond donors (Lipinski definition) is 1. The largest absolute Gasteiger partial charge is 0.497 e. The second-order valence-corrected chi connectivity index (χ2v) is 5.05. The molecule has 0 spiro atoms. The van der Waals surface area contributed by atoms with Crippen molar-refractivity contribution >= 4 is 0 Å². The molecule has 1 N–H and O–H groups in total. The molecular formula is C15H20N4O2. The first kappa shape index (κ1) is 13.9. The first-order valence-corrected chi connectivity index (χ1v) is 7.16. The van der Waals surface area contributed by atoms with Crippen molar-refractivity contribution in [3.63, 3.8) is 0 Å². The Morgan fingerprint density at radius 3 is 2.52 bits per heavy atom. The molecule has 1 aromatic carbocycles. The Bertz CT molecular complexity index is 616. The molecule has 1 aliphatic rings. The quantitative estimate of drug-likeness (QED) is 0.932. The number of benzene rings is 1. The summed E-state index contributed by atoms with van der Waals surface area (Å²) in [7, 11) is 3.30. The van der Waals surface area contributed by atoms with Crippen LogP contribution in [0.2, 0.25) is 0 Å². The summed E-state index contributed by atoms with van der Waals surface area (Å²) in [6, 6.07) is 6.05. The van der Waals surface area contributed by atoms with Crippen LogP contribution in [-0.4, -0.2) is 35.5 Å². The average molecular weight is 288 g/mol. The maximum Gasteiger partial charge on any atom is 0.164 e. The molecule has 1 aromatic heterocycles. The minimum absolute atomic E-state index is 0.271. The van der Waals surface area contributed by atoms with E-state index in [1.807, 2.05) is 18.2 Å². The summed E-state index contributed by atoms with van der Waals surface area (Å²) in [6.45, 7) is 3.95. The van der Waals surface area contributed by atoms with Crippen molar-refractivity contribution < 1.29 is 9.47 Å². The number of aromatic nitrogens is 3. The van der Waals surface area contributed by atoms with E-state index in [1.165, 1.54) is 0 Å². The van der Waals surface area contributed by atoms with Crippen LogP contribution in [0.25, 0.3) is 11.4 Å². The fraction of sp³-hybridized carbons (Fsp3) is 0.467. The van der Waals surface area contributed by atoms with Gasteiger partial charge in [0.15, 0.2) is 11.6 Å². The first-order valence-electron chi connectivity index (χ1n) is 7.16. The van der Waals surface area contributed by atoms with Gasteiger partial charge in [0.05, 0.1) is 20.3 Å². The van der Waals surface area contributed by atoms with Gasteiger partial charge < -0.3 is 19.4 Å². The lowest BCUT2D eigenvalue weighted by molar-refractivity contribution is 0.394. The molecule has 1 aliphatic heterocycles. The van der Waals surface area contributed by atoms with E-state index in [-0.39, 0.29) is 6.04 Å². The summed E-state index contributed by atoms with van der Waals surface area (Å²) < 4.78 is 12.8. The van der Waals surface area contributed by atoms with Gasteiger partial charge in [-0.25, -0.2) is 0 Å². The van der Waals surface area contributed by atoms with E-state index in [2.05, 4.69) is 27.0 Å². The smallest absolute Gasteiger partial charge is 0.164 e. The highest BCUT2D eigenvalue weighted by molar-refractivity contribution is 5.61. The van der Waals surface area contributed by atoms with Crippen LogP contribution in [0.3, 0.4) is 0 Å². The Morgan fingerprint density at radius 1 is 1.19 bits per heavy atom. The normalized spacial score (nSPS) is 17.4. The first-order chi connectivity index (χ1) is 10.3. The molecule has 112 valence electrons. The number of rotatable bonds is 4. The predicted octanol–water partition coefficient (Wildman–Crippen LogP) is 2.02. The molecule has 2 heterocycles. The van der Waals surface area contributed by atoms with Crippen molar-refractivity contribution in [3.05, 3.63) is 24.0 Å². The Balaban J connectivity index is 2.07. The lowest BCUT2D eigenvalue weighted by atomic mass is 10.1. The Kier molecular flexibility index (Phi) is 3.79. The van der Waals surface area contributed by atoms with E-state index >= 15 is 0 Å². The Labute approximate surface area is 124 Å². The molecular weight excluding hydrogens is 268 g/mol. The van der Waals surface area contributed by atoms with Gasteiger partial charge in [-0.2, -0.15) is 0 Å². The summed E-state index contributed by atoms with van der Waals surface area (Å²) in [5.41, 5.74) is 0.960. The molecule has 6 nitrogen and oxygen atoms in total. The highest BCUT2D eigenvalue weighted by Gasteiger charge is 2.24. The maximum atomic E-state index is 5.33.